The monoisotopic (exact) mass is 363 g/mol. The van der Waals surface area contributed by atoms with E-state index in [9.17, 15) is 0 Å². The normalized spacial score (nSPS) is 10.9. The predicted molar refractivity (Wildman–Crippen MR) is 104 cm³/mol. The molecule has 4 nitrogen and oxygen atoms in total. The van der Waals surface area contributed by atoms with Crippen LogP contribution in [0, 0.1) is 11.8 Å². The standard InChI is InChI=1S/C21H18ClN3O/c1-2-26-24-21(15-25-14-13-23-16-25)19-9-5-17(6-10-19)3-4-18-7-11-20(22)12-8-18/h5-14,16H,2,15H2,1H3. The maximum absolute atomic E-state index is 5.89. The fraction of sp³-hybridized carbons (Fsp3) is 0.143. The van der Waals surface area contributed by atoms with Gasteiger partial charge in [0.15, 0.2) is 0 Å². The highest BCUT2D eigenvalue weighted by atomic mass is 35.5. The predicted octanol–water partition coefficient (Wildman–Crippen LogP) is 4.38. The second-order valence-electron chi connectivity index (χ2n) is 5.53. The van der Waals surface area contributed by atoms with E-state index in [1.165, 1.54) is 0 Å². The summed E-state index contributed by atoms with van der Waals surface area (Å²) in [5.41, 5.74) is 3.69. The van der Waals surface area contributed by atoms with Crippen molar-refractivity contribution in [2.24, 2.45) is 5.16 Å². The lowest BCUT2D eigenvalue weighted by Gasteiger charge is -2.07. The minimum atomic E-state index is 0.526. The van der Waals surface area contributed by atoms with Crippen molar-refractivity contribution in [3.8, 4) is 11.8 Å². The van der Waals surface area contributed by atoms with E-state index in [2.05, 4.69) is 22.0 Å². The molecule has 5 heteroatoms. The molecule has 0 amide bonds. The first-order valence-corrected chi connectivity index (χ1v) is 8.65. The summed E-state index contributed by atoms with van der Waals surface area (Å²) < 4.78 is 1.95. The average molecular weight is 364 g/mol. The lowest BCUT2D eigenvalue weighted by molar-refractivity contribution is 0.158. The zero-order valence-corrected chi connectivity index (χ0v) is 15.1. The number of nitrogens with zero attached hydrogens (tertiary/aromatic N) is 3. The van der Waals surface area contributed by atoms with Gasteiger partial charge in [-0.15, -0.1) is 0 Å². The summed E-state index contributed by atoms with van der Waals surface area (Å²) in [6.45, 7) is 3.03. The van der Waals surface area contributed by atoms with E-state index in [0.29, 0.717) is 18.2 Å². The number of rotatable bonds is 5. The van der Waals surface area contributed by atoms with E-state index < -0.39 is 0 Å². The quantitative estimate of drug-likeness (QED) is 0.383. The van der Waals surface area contributed by atoms with Crippen LogP contribution in [0.25, 0.3) is 0 Å². The second kappa shape index (κ2) is 8.89. The topological polar surface area (TPSA) is 39.4 Å². The van der Waals surface area contributed by atoms with Crippen LogP contribution in [0.4, 0.5) is 0 Å². The van der Waals surface area contributed by atoms with Gasteiger partial charge in [0.2, 0.25) is 0 Å². The molecule has 0 aliphatic carbocycles. The van der Waals surface area contributed by atoms with E-state index in [4.69, 9.17) is 16.4 Å². The summed E-state index contributed by atoms with van der Waals surface area (Å²) >= 11 is 5.89. The van der Waals surface area contributed by atoms with Crippen LogP contribution in [-0.4, -0.2) is 21.9 Å². The third-order valence-electron chi connectivity index (χ3n) is 3.61. The van der Waals surface area contributed by atoms with E-state index in [0.717, 1.165) is 22.4 Å². The van der Waals surface area contributed by atoms with Crippen LogP contribution in [0.15, 0.2) is 72.4 Å². The van der Waals surface area contributed by atoms with Crippen LogP contribution in [0.2, 0.25) is 5.02 Å². The summed E-state index contributed by atoms with van der Waals surface area (Å²) in [5.74, 6) is 6.29. The van der Waals surface area contributed by atoms with Crippen LogP contribution in [0.3, 0.4) is 0 Å². The third-order valence-corrected chi connectivity index (χ3v) is 3.86. The largest absolute Gasteiger partial charge is 0.396 e. The Balaban J connectivity index is 1.77. The van der Waals surface area contributed by atoms with Crippen molar-refractivity contribution >= 4 is 17.3 Å². The third kappa shape index (κ3) is 4.98. The highest BCUT2D eigenvalue weighted by molar-refractivity contribution is 6.30. The number of oxime groups is 1. The number of halogens is 1. The zero-order chi connectivity index (χ0) is 18.2. The van der Waals surface area contributed by atoms with Gasteiger partial charge in [-0.2, -0.15) is 0 Å². The Morgan fingerprint density at radius 2 is 1.73 bits per heavy atom. The molecule has 0 saturated carbocycles. The van der Waals surface area contributed by atoms with Gasteiger partial charge in [-0.3, -0.25) is 0 Å². The lowest BCUT2D eigenvalue weighted by atomic mass is 10.1. The molecule has 0 saturated heterocycles. The summed E-state index contributed by atoms with van der Waals surface area (Å²) in [5, 5.41) is 4.95. The Bertz CT molecular complexity index is 918. The van der Waals surface area contributed by atoms with Gasteiger partial charge in [-0.1, -0.05) is 40.7 Å². The fourth-order valence-corrected chi connectivity index (χ4v) is 2.42. The molecule has 1 heterocycles. The van der Waals surface area contributed by atoms with Gasteiger partial charge in [0.25, 0.3) is 0 Å². The molecule has 26 heavy (non-hydrogen) atoms. The minimum absolute atomic E-state index is 0.526. The molecule has 0 atom stereocenters. The number of hydrogen-bond donors (Lipinski definition) is 0. The number of aromatic nitrogens is 2. The number of benzene rings is 2. The van der Waals surface area contributed by atoms with Crippen LogP contribution in [0.5, 0.6) is 0 Å². The highest BCUT2D eigenvalue weighted by Crippen LogP contribution is 2.10. The van der Waals surface area contributed by atoms with Crippen molar-refractivity contribution in [1.29, 1.82) is 0 Å². The maximum Gasteiger partial charge on any atom is 0.114 e. The zero-order valence-electron chi connectivity index (χ0n) is 14.4. The maximum atomic E-state index is 5.89. The minimum Gasteiger partial charge on any atom is -0.396 e. The molecule has 0 bridgehead atoms. The van der Waals surface area contributed by atoms with Gasteiger partial charge in [-0.05, 0) is 43.3 Å². The van der Waals surface area contributed by atoms with E-state index in [1.54, 1.807) is 12.5 Å². The molecule has 2 aromatic carbocycles. The van der Waals surface area contributed by atoms with Gasteiger partial charge in [-0.25, -0.2) is 4.98 Å². The van der Waals surface area contributed by atoms with Gasteiger partial charge >= 0.3 is 0 Å². The highest BCUT2D eigenvalue weighted by Gasteiger charge is 2.06. The SMILES string of the molecule is CCON=C(Cn1ccnc1)c1ccc(C#Cc2ccc(Cl)cc2)cc1. The van der Waals surface area contributed by atoms with Gasteiger partial charge in [0.1, 0.15) is 12.3 Å². The molecule has 0 radical (unpaired) electrons. The van der Waals surface area contributed by atoms with Crippen molar-refractivity contribution in [3.63, 3.8) is 0 Å². The molecule has 0 aliphatic rings. The first kappa shape index (κ1) is 17.8. The Morgan fingerprint density at radius 1 is 1.08 bits per heavy atom. The van der Waals surface area contributed by atoms with Crippen LogP contribution >= 0.6 is 11.6 Å². The summed E-state index contributed by atoms with van der Waals surface area (Å²) in [6, 6.07) is 15.4. The number of hydrogen-bond acceptors (Lipinski definition) is 3. The van der Waals surface area contributed by atoms with Crippen LogP contribution in [-0.2, 0) is 11.4 Å². The molecule has 0 fully saturated rings. The van der Waals surface area contributed by atoms with E-state index in [-0.39, 0.29) is 0 Å². The molecule has 0 unspecified atom stereocenters. The van der Waals surface area contributed by atoms with Crippen molar-refractivity contribution < 1.29 is 4.84 Å². The average Bonchev–Trinajstić information content (AvgIpc) is 3.18. The van der Waals surface area contributed by atoms with Crippen LogP contribution < -0.4 is 0 Å². The second-order valence-corrected chi connectivity index (χ2v) is 5.96. The Labute approximate surface area is 158 Å². The summed E-state index contributed by atoms with van der Waals surface area (Å²) in [4.78, 5) is 9.32. The molecule has 3 aromatic rings. The molecule has 0 N–H and O–H groups in total. The molecular weight excluding hydrogens is 346 g/mol. The van der Waals surface area contributed by atoms with E-state index in [1.807, 2.05) is 66.2 Å². The summed E-state index contributed by atoms with van der Waals surface area (Å²) in [7, 11) is 0. The Hall–Kier alpha value is -3.03. The molecular formula is C21H18ClN3O. The molecule has 3 rings (SSSR count). The molecule has 0 spiro atoms. The molecule has 0 aliphatic heterocycles. The van der Waals surface area contributed by atoms with Crippen molar-refractivity contribution in [2.45, 2.75) is 13.5 Å². The lowest BCUT2D eigenvalue weighted by Crippen LogP contribution is -2.11. The van der Waals surface area contributed by atoms with Crippen molar-refractivity contribution in [2.75, 3.05) is 6.61 Å². The Kier molecular flexibility index (Phi) is 6.08. The first-order valence-electron chi connectivity index (χ1n) is 8.27. The smallest absolute Gasteiger partial charge is 0.114 e. The molecule has 130 valence electrons. The summed E-state index contributed by atoms with van der Waals surface area (Å²) in [6.07, 6.45) is 5.40. The number of imidazole rings is 1. The van der Waals surface area contributed by atoms with Gasteiger partial charge in [0.05, 0.1) is 12.9 Å². The van der Waals surface area contributed by atoms with Gasteiger partial charge in [0, 0.05) is 34.1 Å². The van der Waals surface area contributed by atoms with Crippen molar-refractivity contribution in [3.05, 3.63) is 89.0 Å². The molecule has 1 aromatic heterocycles. The Morgan fingerprint density at radius 3 is 2.31 bits per heavy atom. The first-order chi connectivity index (χ1) is 12.7. The van der Waals surface area contributed by atoms with Crippen molar-refractivity contribution in [1.82, 2.24) is 9.55 Å². The van der Waals surface area contributed by atoms with E-state index >= 15 is 0 Å². The van der Waals surface area contributed by atoms with Crippen LogP contribution in [0.1, 0.15) is 23.6 Å². The fourth-order valence-electron chi connectivity index (χ4n) is 2.29. The van der Waals surface area contributed by atoms with Gasteiger partial charge < -0.3 is 9.40 Å².